The average molecular weight is 257 g/mol. The number of fused-ring (bicyclic) bond motifs is 1. The molecule has 0 radical (unpaired) electrons. The van der Waals surface area contributed by atoms with Gasteiger partial charge in [0.05, 0.1) is 0 Å². The fraction of sp³-hybridized carbons (Fsp3) is 0.0833. The van der Waals surface area contributed by atoms with Crippen molar-refractivity contribution in [1.29, 1.82) is 0 Å². The lowest BCUT2D eigenvalue weighted by Crippen LogP contribution is -2.21. The van der Waals surface area contributed by atoms with Crippen LogP contribution in [0.1, 0.15) is 11.4 Å². The van der Waals surface area contributed by atoms with Crippen molar-refractivity contribution < 1.29 is 0 Å². The lowest BCUT2D eigenvalue weighted by atomic mass is 10.1. The highest BCUT2D eigenvalue weighted by Crippen LogP contribution is 2.10. The van der Waals surface area contributed by atoms with E-state index in [1.54, 1.807) is 12.1 Å². The van der Waals surface area contributed by atoms with Gasteiger partial charge < -0.3 is 10.7 Å². The summed E-state index contributed by atoms with van der Waals surface area (Å²) in [6.07, 6.45) is 0.524. The normalized spacial score (nSPS) is 10.9. The first kappa shape index (κ1) is 11.3. The number of rotatable bonds is 2. The molecule has 7 nitrogen and oxygen atoms in total. The van der Waals surface area contributed by atoms with Crippen molar-refractivity contribution in [2.75, 3.05) is 5.73 Å². The molecular formula is C12H11N5O2. The van der Waals surface area contributed by atoms with Crippen LogP contribution in [-0.2, 0) is 6.42 Å². The van der Waals surface area contributed by atoms with Gasteiger partial charge in [-0.05, 0) is 17.7 Å². The van der Waals surface area contributed by atoms with Crippen LogP contribution in [0.2, 0.25) is 0 Å². The SMILES string of the molecule is Nc1ccc(Cc2nc3[nH]c(=O)[nH]c(=O)c3[nH]2)cc1. The van der Waals surface area contributed by atoms with Crippen LogP contribution in [0.5, 0.6) is 0 Å². The van der Waals surface area contributed by atoms with Crippen molar-refractivity contribution in [3.05, 3.63) is 56.5 Å². The minimum atomic E-state index is -0.567. The molecule has 96 valence electrons. The molecule has 7 heteroatoms. The number of H-pyrrole nitrogens is 3. The zero-order valence-electron chi connectivity index (χ0n) is 9.86. The Morgan fingerprint density at radius 2 is 1.79 bits per heavy atom. The molecule has 0 atom stereocenters. The molecule has 0 aliphatic carbocycles. The predicted octanol–water partition coefficient (Wildman–Crippen LogP) is 0.112. The Bertz CT molecular complexity index is 841. The standard InChI is InChI=1S/C12H11N5O2/c13-7-3-1-6(2-4-7)5-8-14-9-10(15-8)16-12(19)17-11(9)18/h1-4H,5,13H2,(H3,14,15,16,17,18,19). The van der Waals surface area contributed by atoms with E-state index in [-0.39, 0.29) is 11.2 Å². The molecule has 3 rings (SSSR count). The average Bonchev–Trinajstić information content (AvgIpc) is 2.75. The minimum Gasteiger partial charge on any atom is -0.399 e. The first-order chi connectivity index (χ1) is 9.11. The summed E-state index contributed by atoms with van der Waals surface area (Å²) in [5.41, 5.74) is 6.79. The van der Waals surface area contributed by atoms with Gasteiger partial charge in [-0.25, -0.2) is 9.78 Å². The van der Waals surface area contributed by atoms with Gasteiger partial charge in [-0.2, -0.15) is 0 Å². The highest BCUT2D eigenvalue weighted by molar-refractivity contribution is 5.68. The molecule has 0 bridgehead atoms. The van der Waals surface area contributed by atoms with Crippen LogP contribution in [0.4, 0.5) is 5.69 Å². The van der Waals surface area contributed by atoms with Crippen LogP contribution in [0.3, 0.4) is 0 Å². The molecule has 0 spiro atoms. The molecule has 0 saturated carbocycles. The maximum absolute atomic E-state index is 11.5. The number of nitrogens with zero attached hydrogens (tertiary/aromatic N) is 1. The Morgan fingerprint density at radius 3 is 2.53 bits per heavy atom. The summed E-state index contributed by atoms with van der Waals surface area (Å²) in [5.74, 6) is 0.604. The second-order valence-electron chi connectivity index (χ2n) is 4.23. The van der Waals surface area contributed by atoms with Crippen LogP contribution >= 0.6 is 0 Å². The second-order valence-corrected chi connectivity index (χ2v) is 4.23. The molecule has 0 aliphatic heterocycles. The Morgan fingerprint density at radius 1 is 1.05 bits per heavy atom. The van der Waals surface area contributed by atoms with Gasteiger partial charge in [-0.1, -0.05) is 12.1 Å². The number of nitrogen functional groups attached to an aromatic ring is 1. The van der Waals surface area contributed by atoms with Crippen LogP contribution < -0.4 is 17.0 Å². The van der Waals surface area contributed by atoms with E-state index >= 15 is 0 Å². The van der Waals surface area contributed by atoms with Crippen LogP contribution in [0.25, 0.3) is 11.2 Å². The molecule has 19 heavy (non-hydrogen) atoms. The van der Waals surface area contributed by atoms with Gasteiger partial charge in [0.2, 0.25) is 0 Å². The number of nitrogens with two attached hydrogens (primary N) is 1. The maximum atomic E-state index is 11.5. The minimum absolute atomic E-state index is 0.263. The first-order valence-electron chi connectivity index (χ1n) is 5.67. The molecule has 1 aromatic carbocycles. The van der Waals surface area contributed by atoms with E-state index in [9.17, 15) is 9.59 Å². The van der Waals surface area contributed by atoms with E-state index in [4.69, 9.17) is 5.73 Å². The van der Waals surface area contributed by atoms with Crippen molar-refractivity contribution in [2.24, 2.45) is 0 Å². The Kier molecular flexibility index (Phi) is 2.45. The van der Waals surface area contributed by atoms with E-state index in [0.29, 0.717) is 17.9 Å². The molecule has 5 N–H and O–H groups in total. The summed E-state index contributed by atoms with van der Waals surface area (Å²) < 4.78 is 0. The van der Waals surface area contributed by atoms with Crippen molar-refractivity contribution >= 4 is 16.9 Å². The number of anilines is 1. The summed E-state index contributed by atoms with van der Waals surface area (Å²) in [5, 5.41) is 0. The summed E-state index contributed by atoms with van der Waals surface area (Å²) in [7, 11) is 0. The van der Waals surface area contributed by atoms with Gasteiger partial charge in [0.15, 0.2) is 5.65 Å². The van der Waals surface area contributed by atoms with Gasteiger partial charge in [0.25, 0.3) is 5.56 Å². The van der Waals surface area contributed by atoms with E-state index < -0.39 is 11.2 Å². The Labute approximate surface area is 106 Å². The van der Waals surface area contributed by atoms with Gasteiger partial charge in [-0.15, -0.1) is 0 Å². The molecule has 0 saturated heterocycles. The molecule has 2 heterocycles. The van der Waals surface area contributed by atoms with Crippen LogP contribution in [0.15, 0.2) is 33.9 Å². The highest BCUT2D eigenvalue weighted by Gasteiger charge is 2.08. The van der Waals surface area contributed by atoms with E-state index in [0.717, 1.165) is 5.56 Å². The topological polar surface area (TPSA) is 120 Å². The van der Waals surface area contributed by atoms with Crippen molar-refractivity contribution in [3.8, 4) is 0 Å². The van der Waals surface area contributed by atoms with Gasteiger partial charge in [0, 0.05) is 12.1 Å². The summed E-state index contributed by atoms with van der Waals surface area (Å²) in [4.78, 5) is 34.4. The third kappa shape index (κ3) is 2.13. The zero-order chi connectivity index (χ0) is 13.4. The smallest absolute Gasteiger partial charge is 0.327 e. The van der Waals surface area contributed by atoms with Gasteiger partial charge >= 0.3 is 5.69 Å². The van der Waals surface area contributed by atoms with E-state index in [2.05, 4.69) is 19.9 Å². The predicted molar refractivity (Wildman–Crippen MR) is 71.0 cm³/mol. The number of imidazole rings is 1. The lowest BCUT2D eigenvalue weighted by molar-refractivity contribution is 1.03. The van der Waals surface area contributed by atoms with Gasteiger partial charge in [-0.3, -0.25) is 14.8 Å². The van der Waals surface area contributed by atoms with E-state index in [1.807, 2.05) is 12.1 Å². The molecule has 0 unspecified atom stereocenters. The van der Waals surface area contributed by atoms with Crippen LogP contribution in [-0.4, -0.2) is 19.9 Å². The molecular weight excluding hydrogens is 246 g/mol. The molecule has 0 fully saturated rings. The summed E-state index contributed by atoms with van der Waals surface area (Å²) in [6, 6.07) is 7.37. The number of aromatic nitrogens is 4. The fourth-order valence-electron chi connectivity index (χ4n) is 1.89. The third-order valence-corrected chi connectivity index (χ3v) is 2.79. The summed E-state index contributed by atoms with van der Waals surface area (Å²) in [6.45, 7) is 0. The van der Waals surface area contributed by atoms with Crippen molar-refractivity contribution in [3.63, 3.8) is 0 Å². The fourth-order valence-corrected chi connectivity index (χ4v) is 1.89. The number of benzene rings is 1. The van der Waals surface area contributed by atoms with Gasteiger partial charge in [0.1, 0.15) is 11.3 Å². The van der Waals surface area contributed by atoms with Crippen molar-refractivity contribution in [2.45, 2.75) is 6.42 Å². The van der Waals surface area contributed by atoms with E-state index in [1.165, 1.54) is 0 Å². The monoisotopic (exact) mass is 257 g/mol. The van der Waals surface area contributed by atoms with Crippen molar-refractivity contribution in [1.82, 2.24) is 19.9 Å². The lowest BCUT2D eigenvalue weighted by Gasteiger charge is -1.98. The molecule has 0 amide bonds. The number of nitrogens with one attached hydrogen (secondary N) is 3. The third-order valence-electron chi connectivity index (χ3n) is 2.79. The summed E-state index contributed by atoms with van der Waals surface area (Å²) >= 11 is 0. The molecule has 3 aromatic rings. The largest absolute Gasteiger partial charge is 0.399 e. The highest BCUT2D eigenvalue weighted by atomic mass is 16.2. The maximum Gasteiger partial charge on any atom is 0.327 e. The zero-order valence-corrected chi connectivity index (χ0v) is 9.86. The number of aromatic amines is 3. The number of hydrogen-bond acceptors (Lipinski definition) is 4. The Hall–Kier alpha value is -2.83. The second kappa shape index (κ2) is 4.13. The first-order valence-corrected chi connectivity index (χ1v) is 5.67. The molecule has 2 aromatic heterocycles. The van der Waals surface area contributed by atoms with Crippen LogP contribution in [0, 0.1) is 0 Å². The molecule has 0 aliphatic rings. The quantitative estimate of drug-likeness (QED) is 0.487. The number of hydrogen-bond donors (Lipinski definition) is 4. The Balaban J connectivity index is 2.02.